The topological polar surface area (TPSA) is 29.5 Å². The van der Waals surface area contributed by atoms with Crippen LogP contribution in [0.2, 0.25) is 5.04 Å². The lowest BCUT2D eigenvalue weighted by molar-refractivity contribution is 0.243. The van der Waals surface area contributed by atoms with E-state index in [1.54, 1.807) is 6.92 Å². The number of unbranched alkanes of at least 4 members (excludes halogenated alkanes) is 1. The van der Waals surface area contributed by atoms with E-state index >= 15 is 0 Å². The largest absolute Gasteiger partial charge is 0.407 e. The number of aliphatic hydroxyl groups is 1. The van der Waals surface area contributed by atoms with E-state index in [-0.39, 0.29) is 11.1 Å². The molecule has 2 rings (SSSR count). The Morgan fingerprint density at radius 1 is 0.962 bits per heavy atom. The van der Waals surface area contributed by atoms with E-state index in [0.717, 1.165) is 19.4 Å². The van der Waals surface area contributed by atoms with Crippen LogP contribution in [0.15, 0.2) is 72.8 Å². The quantitative estimate of drug-likeness (QED) is 0.428. The molecule has 26 heavy (non-hydrogen) atoms. The summed E-state index contributed by atoms with van der Waals surface area (Å²) in [6.45, 7) is 9.39. The van der Waals surface area contributed by atoms with Gasteiger partial charge in [-0.1, -0.05) is 93.6 Å². The molecule has 0 heterocycles. The Kier molecular flexibility index (Phi) is 7.39. The van der Waals surface area contributed by atoms with Gasteiger partial charge in [0.1, 0.15) is 0 Å². The van der Waals surface area contributed by atoms with E-state index in [4.69, 9.17) is 4.43 Å². The SMILES string of the molecule is C[C@@H](O)/C=C/CCCO[Si](c1ccccc1)(c1ccccc1)C(C)(C)C. The molecule has 0 radical (unpaired) electrons. The Morgan fingerprint density at radius 2 is 1.46 bits per heavy atom. The summed E-state index contributed by atoms with van der Waals surface area (Å²) in [7, 11) is -2.40. The summed E-state index contributed by atoms with van der Waals surface area (Å²) in [5.41, 5.74) is 0. The van der Waals surface area contributed by atoms with Gasteiger partial charge in [0.15, 0.2) is 0 Å². The molecule has 2 aromatic carbocycles. The molecule has 0 saturated carbocycles. The van der Waals surface area contributed by atoms with Crippen molar-refractivity contribution in [3.63, 3.8) is 0 Å². The van der Waals surface area contributed by atoms with Crippen molar-refractivity contribution in [3.05, 3.63) is 72.8 Å². The molecule has 0 spiro atoms. The van der Waals surface area contributed by atoms with Crippen molar-refractivity contribution in [1.82, 2.24) is 0 Å². The highest BCUT2D eigenvalue weighted by Crippen LogP contribution is 2.36. The van der Waals surface area contributed by atoms with Crippen LogP contribution < -0.4 is 10.4 Å². The van der Waals surface area contributed by atoms with E-state index in [1.807, 2.05) is 12.2 Å². The number of benzene rings is 2. The fourth-order valence-electron chi connectivity index (χ4n) is 3.48. The molecular formula is C23H32O2Si. The van der Waals surface area contributed by atoms with Gasteiger partial charge in [0.25, 0.3) is 8.32 Å². The molecule has 1 atom stereocenters. The number of rotatable bonds is 8. The molecule has 0 aliphatic carbocycles. The standard InChI is InChI=1S/C23H32O2Si/c1-20(24)14-8-7-13-19-25-26(23(2,3)4,21-15-9-5-10-16-21)22-17-11-6-12-18-22/h5-6,8-12,14-18,20,24H,7,13,19H2,1-4H3/b14-8+/t20-/m1/s1. The van der Waals surface area contributed by atoms with Gasteiger partial charge < -0.3 is 9.53 Å². The molecule has 0 saturated heterocycles. The van der Waals surface area contributed by atoms with Crippen molar-refractivity contribution in [2.75, 3.05) is 6.61 Å². The van der Waals surface area contributed by atoms with Gasteiger partial charge >= 0.3 is 0 Å². The molecule has 0 fully saturated rings. The normalized spacial score (nSPS) is 13.9. The number of allylic oxidation sites excluding steroid dienone is 1. The zero-order chi connectivity index (χ0) is 19.0. The van der Waals surface area contributed by atoms with Crippen LogP contribution in [0.1, 0.15) is 40.5 Å². The van der Waals surface area contributed by atoms with Gasteiger partial charge in [-0.15, -0.1) is 0 Å². The fraction of sp³-hybridized carbons (Fsp3) is 0.391. The summed E-state index contributed by atoms with van der Waals surface area (Å²) in [4.78, 5) is 0. The van der Waals surface area contributed by atoms with E-state index in [0.29, 0.717) is 0 Å². The van der Waals surface area contributed by atoms with Gasteiger partial charge in [0, 0.05) is 6.61 Å². The summed E-state index contributed by atoms with van der Waals surface area (Å²) >= 11 is 0. The first kappa shape index (κ1) is 20.6. The minimum absolute atomic E-state index is 0.0190. The Hall–Kier alpha value is -1.68. The van der Waals surface area contributed by atoms with Gasteiger partial charge in [0.2, 0.25) is 0 Å². The highest BCUT2D eigenvalue weighted by molar-refractivity contribution is 6.99. The maximum Gasteiger partial charge on any atom is 0.261 e. The molecule has 1 N–H and O–H groups in total. The molecular weight excluding hydrogens is 336 g/mol. The minimum atomic E-state index is -2.40. The molecule has 0 aliphatic heterocycles. The summed E-state index contributed by atoms with van der Waals surface area (Å²) in [6, 6.07) is 21.5. The number of aliphatic hydroxyl groups excluding tert-OH is 1. The van der Waals surface area contributed by atoms with Gasteiger partial charge in [-0.2, -0.15) is 0 Å². The second-order valence-corrected chi connectivity index (χ2v) is 12.1. The van der Waals surface area contributed by atoms with Crippen LogP contribution in [0, 0.1) is 0 Å². The second-order valence-electron chi connectivity index (χ2n) is 7.82. The first-order valence-electron chi connectivity index (χ1n) is 9.47. The van der Waals surface area contributed by atoms with Crippen molar-refractivity contribution >= 4 is 18.7 Å². The van der Waals surface area contributed by atoms with Crippen LogP contribution in [0.5, 0.6) is 0 Å². The maximum absolute atomic E-state index is 9.33. The third-order valence-electron chi connectivity index (χ3n) is 4.67. The van der Waals surface area contributed by atoms with Crippen LogP contribution in [-0.4, -0.2) is 26.1 Å². The first-order valence-corrected chi connectivity index (χ1v) is 11.4. The lowest BCUT2D eigenvalue weighted by Crippen LogP contribution is -2.66. The molecule has 0 aromatic heterocycles. The lowest BCUT2D eigenvalue weighted by atomic mass is 10.2. The second kappa shape index (κ2) is 9.31. The summed E-state index contributed by atoms with van der Waals surface area (Å²) in [6.07, 6.45) is 5.37. The van der Waals surface area contributed by atoms with Crippen LogP contribution in [0.25, 0.3) is 0 Å². The van der Waals surface area contributed by atoms with Crippen LogP contribution in [0.4, 0.5) is 0 Å². The highest BCUT2D eigenvalue weighted by Gasteiger charge is 2.49. The number of hydrogen-bond acceptors (Lipinski definition) is 2. The van der Waals surface area contributed by atoms with Crippen molar-refractivity contribution in [2.45, 2.75) is 51.7 Å². The van der Waals surface area contributed by atoms with Crippen molar-refractivity contribution < 1.29 is 9.53 Å². The molecule has 0 bridgehead atoms. The van der Waals surface area contributed by atoms with E-state index in [9.17, 15) is 5.11 Å². The minimum Gasteiger partial charge on any atom is -0.407 e. The Morgan fingerprint density at radius 3 is 1.88 bits per heavy atom. The fourth-order valence-corrected chi connectivity index (χ4v) is 8.09. The molecule has 0 aliphatic rings. The number of hydrogen-bond donors (Lipinski definition) is 1. The molecule has 2 nitrogen and oxygen atoms in total. The molecule has 3 heteroatoms. The van der Waals surface area contributed by atoms with Gasteiger partial charge in [-0.25, -0.2) is 0 Å². The highest BCUT2D eigenvalue weighted by atomic mass is 28.4. The predicted molar refractivity (Wildman–Crippen MR) is 114 cm³/mol. The van der Waals surface area contributed by atoms with Crippen LogP contribution >= 0.6 is 0 Å². The predicted octanol–water partition coefficient (Wildman–Crippen LogP) is 4.28. The summed E-state index contributed by atoms with van der Waals surface area (Å²) in [5.74, 6) is 0. The Labute approximate surface area is 159 Å². The smallest absolute Gasteiger partial charge is 0.261 e. The lowest BCUT2D eigenvalue weighted by Gasteiger charge is -2.43. The van der Waals surface area contributed by atoms with Crippen molar-refractivity contribution in [1.29, 1.82) is 0 Å². The van der Waals surface area contributed by atoms with E-state index < -0.39 is 8.32 Å². The van der Waals surface area contributed by atoms with E-state index in [2.05, 4.69) is 81.4 Å². The Bertz CT molecular complexity index is 633. The molecule has 0 amide bonds. The molecule has 2 aromatic rings. The third kappa shape index (κ3) is 4.94. The average molecular weight is 369 g/mol. The monoisotopic (exact) mass is 368 g/mol. The zero-order valence-corrected chi connectivity index (χ0v) is 17.5. The summed E-state index contributed by atoms with van der Waals surface area (Å²) < 4.78 is 6.82. The van der Waals surface area contributed by atoms with E-state index in [1.165, 1.54) is 10.4 Å². The third-order valence-corrected chi connectivity index (χ3v) is 9.71. The van der Waals surface area contributed by atoms with Gasteiger partial charge in [0.05, 0.1) is 6.10 Å². The Balaban J connectivity index is 2.32. The van der Waals surface area contributed by atoms with Crippen molar-refractivity contribution in [3.8, 4) is 0 Å². The maximum atomic E-state index is 9.33. The zero-order valence-electron chi connectivity index (χ0n) is 16.5. The van der Waals surface area contributed by atoms with Gasteiger partial charge in [-0.3, -0.25) is 0 Å². The van der Waals surface area contributed by atoms with Crippen molar-refractivity contribution in [2.24, 2.45) is 0 Å². The average Bonchev–Trinajstić information content (AvgIpc) is 2.61. The molecule has 0 unspecified atom stereocenters. The van der Waals surface area contributed by atoms with Crippen LogP contribution in [-0.2, 0) is 4.43 Å². The van der Waals surface area contributed by atoms with Gasteiger partial charge in [-0.05, 0) is 35.2 Å². The van der Waals surface area contributed by atoms with Crippen LogP contribution in [0.3, 0.4) is 0 Å². The summed E-state index contributed by atoms with van der Waals surface area (Å²) in [5, 5.41) is 12.0. The first-order chi connectivity index (χ1) is 12.4. The molecule has 140 valence electrons.